The Kier molecular flexibility index (Phi) is 2.78. The maximum atomic E-state index is 11.2. The van der Waals surface area contributed by atoms with E-state index >= 15 is 0 Å². The quantitative estimate of drug-likeness (QED) is 0.687. The zero-order valence-electron chi connectivity index (χ0n) is 7.66. The summed E-state index contributed by atoms with van der Waals surface area (Å²) in [4.78, 5) is 0. The van der Waals surface area contributed by atoms with Gasteiger partial charge in [-0.05, 0) is 31.2 Å². The Labute approximate surface area is 74.3 Å². The molecule has 1 rings (SSSR count). The van der Waals surface area contributed by atoms with Crippen LogP contribution in [0.5, 0.6) is 0 Å². The number of rotatable bonds is 2. The van der Waals surface area contributed by atoms with Crippen molar-refractivity contribution < 1.29 is 8.42 Å². The number of nitrogens with two attached hydrogens (primary N) is 1. The summed E-state index contributed by atoms with van der Waals surface area (Å²) in [6, 6.07) is 0. The van der Waals surface area contributed by atoms with E-state index in [2.05, 4.69) is 6.92 Å². The second kappa shape index (κ2) is 3.34. The molecule has 3 nitrogen and oxygen atoms in total. The minimum Gasteiger partial charge on any atom is -0.330 e. The molecule has 0 aromatic heterocycles. The Morgan fingerprint density at radius 2 is 2.00 bits per heavy atom. The van der Waals surface area contributed by atoms with Gasteiger partial charge in [-0.1, -0.05) is 6.92 Å². The Hall–Kier alpha value is -0.0900. The van der Waals surface area contributed by atoms with Gasteiger partial charge in [-0.25, -0.2) is 8.42 Å². The fraction of sp³-hybridized carbons (Fsp3) is 1.00. The molecule has 3 atom stereocenters. The Morgan fingerprint density at radius 3 is 2.25 bits per heavy atom. The van der Waals surface area contributed by atoms with Gasteiger partial charge in [0.1, 0.15) is 9.84 Å². The molecule has 1 aliphatic rings. The van der Waals surface area contributed by atoms with Crippen LogP contribution in [0, 0.1) is 11.8 Å². The average molecular weight is 191 g/mol. The highest BCUT2D eigenvalue weighted by atomic mass is 32.2. The standard InChI is InChI=1S/C8H17NO2S/c1-6-3-8(12(2,10)11)4-7(6)5-9/h6-8H,3-5,9H2,1-2H3/t6-,7+,8-/m1/s1. The fourth-order valence-electron chi connectivity index (χ4n) is 1.95. The molecular formula is C8H17NO2S. The van der Waals surface area contributed by atoms with Crippen LogP contribution in [0.2, 0.25) is 0 Å². The van der Waals surface area contributed by atoms with Crippen molar-refractivity contribution in [2.24, 2.45) is 17.6 Å². The number of sulfone groups is 1. The number of hydrogen-bond acceptors (Lipinski definition) is 3. The highest BCUT2D eigenvalue weighted by Crippen LogP contribution is 2.34. The summed E-state index contributed by atoms with van der Waals surface area (Å²) in [5.41, 5.74) is 5.53. The monoisotopic (exact) mass is 191 g/mol. The van der Waals surface area contributed by atoms with E-state index in [1.807, 2.05) is 0 Å². The van der Waals surface area contributed by atoms with E-state index in [9.17, 15) is 8.42 Å². The molecule has 0 bridgehead atoms. The first-order chi connectivity index (χ1) is 5.45. The smallest absolute Gasteiger partial charge is 0.150 e. The topological polar surface area (TPSA) is 60.2 Å². The van der Waals surface area contributed by atoms with Gasteiger partial charge in [-0.3, -0.25) is 0 Å². The van der Waals surface area contributed by atoms with Crippen molar-refractivity contribution in [1.29, 1.82) is 0 Å². The summed E-state index contributed by atoms with van der Waals surface area (Å²) in [7, 11) is -2.83. The molecule has 0 aliphatic heterocycles. The zero-order chi connectivity index (χ0) is 9.35. The van der Waals surface area contributed by atoms with Gasteiger partial charge in [-0.2, -0.15) is 0 Å². The van der Waals surface area contributed by atoms with Gasteiger partial charge in [0.05, 0.1) is 5.25 Å². The molecular weight excluding hydrogens is 174 g/mol. The highest BCUT2D eigenvalue weighted by Gasteiger charge is 2.35. The minimum absolute atomic E-state index is 0.138. The van der Waals surface area contributed by atoms with E-state index in [1.165, 1.54) is 6.26 Å². The maximum Gasteiger partial charge on any atom is 0.150 e. The molecule has 0 spiro atoms. The fourth-order valence-corrected chi connectivity index (χ4v) is 3.20. The van der Waals surface area contributed by atoms with Crippen molar-refractivity contribution in [2.45, 2.75) is 25.0 Å². The zero-order valence-corrected chi connectivity index (χ0v) is 8.47. The average Bonchev–Trinajstić information content (AvgIpc) is 2.29. The van der Waals surface area contributed by atoms with Crippen LogP contribution >= 0.6 is 0 Å². The van der Waals surface area contributed by atoms with Gasteiger partial charge < -0.3 is 5.73 Å². The maximum absolute atomic E-state index is 11.2. The lowest BCUT2D eigenvalue weighted by Crippen LogP contribution is -2.18. The molecule has 4 heteroatoms. The van der Waals surface area contributed by atoms with Crippen LogP contribution in [0.3, 0.4) is 0 Å². The third-order valence-corrected chi connectivity index (χ3v) is 4.51. The van der Waals surface area contributed by atoms with Gasteiger partial charge in [0.15, 0.2) is 0 Å². The molecule has 12 heavy (non-hydrogen) atoms. The first-order valence-corrected chi connectivity index (χ1v) is 6.29. The van der Waals surface area contributed by atoms with Crippen LogP contribution in [0.4, 0.5) is 0 Å². The Bertz CT molecular complexity index is 248. The molecule has 0 radical (unpaired) electrons. The van der Waals surface area contributed by atoms with Gasteiger partial charge in [0.25, 0.3) is 0 Å². The predicted octanol–water partition coefficient (Wildman–Crippen LogP) is 0.404. The van der Waals surface area contributed by atoms with Crippen molar-refractivity contribution in [3.8, 4) is 0 Å². The van der Waals surface area contributed by atoms with Gasteiger partial charge in [-0.15, -0.1) is 0 Å². The largest absolute Gasteiger partial charge is 0.330 e. The van der Waals surface area contributed by atoms with Gasteiger partial charge >= 0.3 is 0 Å². The Morgan fingerprint density at radius 1 is 1.42 bits per heavy atom. The summed E-state index contributed by atoms with van der Waals surface area (Å²) < 4.78 is 22.4. The highest BCUT2D eigenvalue weighted by molar-refractivity contribution is 7.91. The molecule has 0 amide bonds. The van der Waals surface area contributed by atoms with E-state index in [1.54, 1.807) is 0 Å². The first kappa shape index (κ1) is 9.99. The molecule has 1 saturated carbocycles. The van der Waals surface area contributed by atoms with Crippen molar-refractivity contribution in [3.05, 3.63) is 0 Å². The van der Waals surface area contributed by atoms with Crippen LogP contribution < -0.4 is 5.73 Å². The summed E-state index contributed by atoms with van der Waals surface area (Å²) in [6.07, 6.45) is 2.88. The van der Waals surface area contributed by atoms with Gasteiger partial charge in [0.2, 0.25) is 0 Å². The SMILES string of the molecule is C[C@@H]1C[C@@H](S(C)(=O)=O)C[C@H]1CN. The van der Waals surface area contributed by atoms with Crippen LogP contribution in [-0.4, -0.2) is 26.5 Å². The molecule has 1 aliphatic carbocycles. The summed E-state index contributed by atoms with van der Waals surface area (Å²) >= 11 is 0. The summed E-state index contributed by atoms with van der Waals surface area (Å²) in [5.74, 6) is 0.874. The number of hydrogen-bond donors (Lipinski definition) is 1. The molecule has 0 aromatic rings. The van der Waals surface area contributed by atoms with Crippen molar-refractivity contribution in [3.63, 3.8) is 0 Å². The van der Waals surface area contributed by atoms with E-state index in [4.69, 9.17) is 5.73 Å². The lowest BCUT2D eigenvalue weighted by molar-refractivity contribution is 0.429. The lowest BCUT2D eigenvalue weighted by Gasteiger charge is -2.10. The van der Waals surface area contributed by atoms with E-state index in [-0.39, 0.29) is 5.25 Å². The third-order valence-electron chi connectivity index (χ3n) is 2.91. The van der Waals surface area contributed by atoms with Crippen LogP contribution in [-0.2, 0) is 9.84 Å². The van der Waals surface area contributed by atoms with E-state index < -0.39 is 9.84 Å². The first-order valence-electron chi connectivity index (χ1n) is 4.34. The van der Waals surface area contributed by atoms with Crippen molar-refractivity contribution in [1.82, 2.24) is 0 Å². The molecule has 1 fully saturated rings. The normalized spacial score (nSPS) is 37.1. The van der Waals surface area contributed by atoms with E-state index in [0.29, 0.717) is 18.4 Å². The summed E-state index contributed by atoms with van der Waals surface area (Å²) in [6.45, 7) is 2.70. The lowest BCUT2D eigenvalue weighted by atomic mass is 9.99. The third kappa shape index (κ3) is 1.98. The van der Waals surface area contributed by atoms with Crippen LogP contribution in [0.15, 0.2) is 0 Å². The van der Waals surface area contributed by atoms with Gasteiger partial charge in [0, 0.05) is 6.26 Å². The molecule has 2 N–H and O–H groups in total. The second-order valence-corrected chi connectivity index (χ2v) is 6.22. The molecule has 0 saturated heterocycles. The molecule has 72 valence electrons. The van der Waals surface area contributed by atoms with Crippen molar-refractivity contribution >= 4 is 9.84 Å². The molecule has 0 aromatic carbocycles. The predicted molar refractivity (Wildman–Crippen MR) is 49.6 cm³/mol. The minimum atomic E-state index is -2.83. The van der Waals surface area contributed by atoms with Crippen LogP contribution in [0.25, 0.3) is 0 Å². The second-order valence-electron chi connectivity index (χ2n) is 3.90. The van der Waals surface area contributed by atoms with Crippen LogP contribution in [0.1, 0.15) is 19.8 Å². The summed E-state index contributed by atoms with van der Waals surface area (Å²) in [5, 5.41) is -0.138. The van der Waals surface area contributed by atoms with Crippen molar-refractivity contribution in [2.75, 3.05) is 12.8 Å². The molecule has 0 unspecified atom stereocenters. The Balaban J connectivity index is 2.67. The molecule has 0 heterocycles. The van der Waals surface area contributed by atoms with E-state index in [0.717, 1.165) is 12.8 Å².